The predicted molar refractivity (Wildman–Crippen MR) is 109 cm³/mol. The normalized spacial score (nSPS) is 15.4. The van der Waals surface area contributed by atoms with Crippen molar-refractivity contribution in [1.82, 2.24) is 15.3 Å². The maximum Gasteiger partial charge on any atom is 0.259 e. The SMILES string of the molecule is O=C(Nc1nc2c(s1)C(=O)CC(C(=O)NCc1ccccc1)C2)c1cccnc1. The second-order valence-electron chi connectivity index (χ2n) is 6.72. The van der Waals surface area contributed by atoms with E-state index in [4.69, 9.17) is 0 Å². The zero-order valence-corrected chi connectivity index (χ0v) is 16.2. The molecule has 3 aromatic rings. The highest BCUT2D eigenvalue weighted by molar-refractivity contribution is 7.17. The molecule has 0 radical (unpaired) electrons. The molecule has 2 N–H and O–H groups in total. The van der Waals surface area contributed by atoms with Gasteiger partial charge in [0.2, 0.25) is 5.91 Å². The molecule has 1 aliphatic rings. The van der Waals surface area contributed by atoms with Gasteiger partial charge in [-0.3, -0.25) is 24.7 Å². The van der Waals surface area contributed by atoms with Crippen LogP contribution in [-0.4, -0.2) is 27.6 Å². The van der Waals surface area contributed by atoms with Crippen LogP contribution in [0.3, 0.4) is 0 Å². The zero-order valence-electron chi connectivity index (χ0n) is 15.4. The van der Waals surface area contributed by atoms with Gasteiger partial charge in [-0.05, 0) is 17.7 Å². The van der Waals surface area contributed by atoms with Gasteiger partial charge in [0.1, 0.15) is 0 Å². The van der Waals surface area contributed by atoms with Gasteiger partial charge in [-0.25, -0.2) is 4.98 Å². The van der Waals surface area contributed by atoms with Crippen LogP contribution in [0.25, 0.3) is 0 Å². The molecule has 0 fully saturated rings. The fraction of sp³-hybridized carbons (Fsp3) is 0.190. The number of amides is 2. The van der Waals surface area contributed by atoms with Crippen molar-refractivity contribution in [3.05, 3.63) is 76.6 Å². The summed E-state index contributed by atoms with van der Waals surface area (Å²) < 4.78 is 0. The molecule has 0 saturated heterocycles. The molecule has 1 unspecified atom stereocenters. The number of ketones is 1. The number of Topliss-reactive ketones (excluding diaryl/α,β-unsaturated/α-hetero) is 1. The Morgan fingerprint density at radius 2 is 1.93 bits per heavy atom. The predicted octanol–water partition coefficient (Wildman–Crippen LogP) is 2.85. The molecule has 29 heavy (non-hydrogen) atoms. The van der Waals surface area contributed by atoms with Gasteiger partial charge in [0, 0.05) is 31.8 Å². The summed E-state index contributed by atoms with van der Waals surface area (Å²) in [6, 6.07) is 12.9. The van der Waals surface area contributed by atoms with Crippen molar-refractivity contribution in [2.75, 3.05) is 5.32 Å². The third kappa shape index (κ3) is 4.38. The standard InChI is InChI=1S/C21H18N4O3S/c26-17-10-15(19(27)23-11-13-5-2-1-3-6-13)9-16-18(17)29-21(24-16)25-20(28)14-7-4-8-22-12-14/h1-8,12,15H,9-11H2,(H,23,27)(H,24,25,28). The molecule has 2 amide bonds. The van der Waals surface area contributed by atoms with Crippen molar-refractivity contribution in [2.24, 2.45) is 5.92 Å². The zero-order chi connectivity index (χ0) is 20.2. The van der Waals surface area contributed by atoms with Crippen molar-refractivity contribution >= 4 is 34.1 Å². The fourth-order valence-corrected chi connectivity index (χ4v) is 4.10. The fourth-order valence-electron chi connectivity index (χ4n) is 3.16. The van der Waals surface area contributed by atoms with Crippen LogP contribution >= 0.6 is 11.3 Å². The van der Waals surface area contributed by atoms with Gasteiger partial charge >= 0.3 is 0 Å². The van der Waals surface area contributed by atoms with E-state index in [1.54, 1.807) is 18.3 Å². The second-order valence-corrected chi connectivity index (χ2v) is 7.72. The number of pyridine rings is 1. The summed E-state index contributed by atoms with van der Waals surface area (Å²) in [5, 5.41) is 5.94. The molecule has 0 spiro atoms. The van der Waals surface area contributed by atoms with Crippen LogP contribution in [0.1, 0.15) is 37.7 Å². The topological polar surface area (TPSA) is 101 Å². The molecule has 7 nitrogen and oxygen atoms in total. The first-order valence-corrected chi connectivity index (χ1v) is 9.97. The average Bonchev–Trinajstić information content (AvgIpc) is 3.16. The average molecular weight is 406 g/mol. The number of hydrogen-bond acceptors (Lipinski definition) is 6. The Balaban J connectivity index is 1.41. The summed E-state index contributed by atoms with van der Waals surface area (Å²) in [5.41, 5.74) is 1.97. The van der Waals surface area contributed by atoms with Gasteiger partial charge in [0.25, 0.3) is 5.91 Å². The molecule has 146 valence electrons. The Labute approximate surface area is 171 Å². The van der Waals surface area contributed by atoms with Crippen LogP contribution in [0.2, 0.25) is 0 Å². The Kier molecular flexibility index (Phi) is 5.44. The summed E-state index contributed by atoms with van der Waals surface area (Å²) in [7, 11) is 0. The third-order valence-electron chi connectivity index (χ3n) is 4.65. The number of fused-ring (bicyclic) bond motifs is 1. The third-order valence-corrected chi connectivity index (χ3v) is 5.70. The monoisotopic (exact) mass is 406 g/mol. The van der Waals surface area contributed by atoms with Crippen molar-refractivity contribution < 1.29 is 14.4 Å². The number of nitrogens with zero attached hydrogens (tertiary/aromatic N) is 2. The molecule has 4 rings (SSSR count). The quantitative estimate of drug-likeness (QED) is 0.679. The van der Waals surface area contributed by atoms with Crippen molar-refractivity contribution in [1.29, 1.82) is 0 Å². The summed E-state index contributed by atoms with van der Waals surface area (Å²) >= 11 is 1.15. The van der Waals surface area contributed by atoms with Gasteiger partial charge in [0.15, 0.2) is 10.9 Å². The summed E-state index contributed by atoms with van der Waals surface area (Å²) in [6.07, 6.45) is 3.56. The lowest BCUT2D eigenvalue weighted by atomic mass is 9.89. The molecule has 0 aliphatic heterocycles. The van der Waals surface area contributed by atoms with Gasteiger partial charge < -0.3 is 5.32 Å². The maximum absolute atomic E-state index is 12.5. The van der Waals surface area contributed by atoms with E-state index in [0.717, 1.165) is 16.9 Å². The number of carbonyl (C=O) groups excluding carboxylic acids is 3. The van der Waals surface area contributed by atoms with Crippen molar-refractivity contribution in [2.45, 2.75) is 19.4 Å². The first-order valence-electron chi connectivity index (χ1n) is 9.16. The number of nitrogens with one attached hydrogen (secondary N) is 2. The molecular weight excluding hydrogens is 388 g/mol. The Morgan fingerprint density at radius 1 is 1.10 bits per heavy atom. The lowest BCUT2D eigenvalue weighted by molar-refractivity contribution is -0.125. The highest BCUT2D eigenvalue weighted by atomic mass is 32.1. The van der Waals surface area contributed by atoms with E-state index in [2.05, 4.69) is 20.6 Å². The molecule has 2 heterocycles. The minimum absolute atomic E-state index is 0.120. The van der Waals surface area contributed by atoms with E-state index < -0.39 is 5.92 Å². The first-order chi connectivity index (χ1) is 14.1. The summed E-state index contributed by atoms with van der Waals surface area (Å²) in [6.45, 7) is 0.417. The first kappa shape index (κ1) is 18.9. The Bertz CT molecular complexity index is 1050. The van der Waals surface area contributed by atoms with E-state index in [0.29, 0.717) is 34.2 Å². The minimum Gasteiger partial charge on any atom is -0.352 e. The number of rotatable bonds is 5. The molecule has 1 atom stereocenters. The molecule has 8 heteroatoms. The Hall–Kier alpha value is -3.39. The van der Waals surface area contributed by atoms with Gasteiger partial charge in [0.05, 0.1) is 22.1 Å². The smallest absolute Gasteiger partial charge is 0.259 e. The lowest BCUT2D eigenvalue weighted by Crippen LogP contribution is -2.35. The van der Waals surface area contributed by atoms with Crippen molar-refractivity contribution in [3.63, 3.8) is 0 Å². The van der Waals surface area contributed by atoms with Crippen LogP contribution in [0, 0.1) is 5.92 Å². The number of benzene rings is 1. The molecule has 1 aliphatic carbocycles. The number of thiazole rings is 1. The highest BCUT2D eigenvalue weighted by Crippen LogP contribution is 2.32. The summed E-state index contributed by atoms with van der Waals surface area (Å²) in [5.74, 6) is -1.08. The molecule has 2 aromatic heterocycles. The van der Waals surface area contributed by atoms with E-state index in [1.807, 2.05) is 30.3 Å². The molecule has 0 saturated carbocycles. The van der Waals surface area contributed by atoms with E-state index in [9.17, 15) is 14.4 Å². The van der Waals surface area contributed by atoms with E-state index >= 15 is 0 Å². The van der Waals surface area contributed by atoms with Gasteiger partial charge in [-0.15, -0.1) is 0 Å². The highest BCUT2D eigenvalue weighted by Gasteiger charge is 2.33. The molecular formula is C21H18N4O3S. The summed E-state index contributed by atoms with van der Waals surface area (Å²) in [4.78, 5) is 46.1. The second kappa shape index (κ2) is 8.32. The Morgan fingerprint density at radius 3 is 2.69 bits per heavy atom. The number of aromatic nitrogens is 2. The molecule has 1 aromatic carbocycles. The largest absolute Gasteiger partial charge is 0.352 e. The van der Waals surface area contributed by atoms with Crippen LogP contribution in [-0.2, 0) is 17.8 Å². The number of anilines is 1. The number of hydrogen-bond donors (Lipinski definition) is 2. The maximum atomic E-state index is 12.5. The lowest BCUT2D eigenvalue weighted by Gasteiger charge is -2.19. The van der Waals surface area contributed by atoms with Crippen LogP contribution in [0.4, 0.5) is 5.13 Å². The molecule has 0 bridgehead atoms. The van der Waals surface area contributed by atoms with Gasteiger partial charge in [-0.1, -0.05) is 41.7 Å². The minimum atomic E-state index is -0.456. The van der Waals surface area contributed by atoms with Crippen LogP contribution in [0.5, 0.6) is 0 Å². The van der Waals surface area contributed by atoms with E-state index in [1.165, 1.54) is 6.20 Å². The van der Waals surface area contributed by atoms with Crippen molar-refractivity contribution in [3.8, 4) is 0 Å². The van der Waals surface area contributed by atoms with Gasteiger partial charge in [-0.2, -0.15) is 0 Å². The number of carbonyl (C=O) groups is 3. The van der Waals surface area contributed by atoms with E-state index in [-0.39, 0.29) is 24.0 Å². The van der Waals surface area contributed by atoms with Crippen LogP contribution in [0.15, 0.2) is 54.9 Å². The van der Waals surface area contributed by atoms with Crippen LogP contribution < -0.4 is 10.6 Å².